The van der Waals surface area contributed by atoms with Crippen molar-refractivity contribution in [1.82, 2.24) is 9.62 Å². The first kappa shape index (κ1) is 20.4. The van der Waals surface area contributed by atoms with Gasteiger partial charge < -0.3 is 9.32 Å². The van der Waals surface area contributed by atoms with Crippen molar-refractivity contribution in [2.24, 2.45) is 5.92 Å². The molecular weight excluding hydrogens is 400 g/mol. The van der Waals surface area contributed by atoms with Gasteiger partial charge in [-0.05, 0) is 48.4 Å². The lowest BCUT2D eigenvalue weighted by atomic mass is 9.97. The van der Waals surface area contributed by atoms with Gasteiger partial charge in [-0.25, -0.2) is 13.1 Å². The summed E-state index contributed by atoms with van der Waals surface area (Å²) in [6.45, 7) is 1.60. The van der Waals surface area contributed by atoms with Crippen LogP contribution in [0.15, 0.2) is 76.2 Å². The molecular formula is C23H24N2O4S. The van der Waals surface area contributed by atoms with Crippen LogP contribution in [0.4, 0.5) is 0 Å². The molecule has 0 saturated carbocycles. The zero-order chi connectivity index (χ0) is 21.0. The fourth-order valence-corrected chi connectivity index (χ4v) is 5.08. The van der Waals surface area contributed by atoms with E-state index < -0.39 is 10.0 Å². The van der Waals surface area contributed by atoms with E-state index in [9.17, 15) is 13.2 Å². The zero-order valence-corrected chi connectivity index (χ0v) is 17.3. The maximum absolute atomic E-state index is 12.9. The number of hydrogen-bond donors (Lipinski definition) is 1. The maximum atomic E-state index is 12.9. The molecule has 2 aromatic carbocycles. The summed E-state index contributed by atoms with van der Waals surface area (Å²) in [7, 11) is -3.60. The molecule has 2 heterocycles. The largest absolute Gasteiger partial charge is 0.465 e. The lowest BCUT2D eigenvalue weighted by molar-refractivity contribution is -0.127. The number of carbonyl (C=O) groups is 1. The van der Waals surface area contributed by atoms with E-state index in [1.54, 1.807) is 41.5 Å². The lowest BCUT2D eigenvalue weighted by Gasteiger charge is -2.31. The third-order valence-electron chi connectivity index (χ3n) is 5.46. The highest BCUT2D eigenvalue weighted by Gasteiger charge is 2.24. The Morgan fingerprint density at radius 1 is 1.07 bits per heavy atom. The third kappa shape index (κ3) is 4.63. The molecule has 30 heavy (non-hydrogen) atoms. The first-order chi connectivity index (χ1) is 14.5. The average Bonchev–Trinajstić information content (AvgIpc) is 3.30. The van der Waals surface area contributed by atoms with Gasteiger partial charge in [0.2, 0.25) is 15.9 Å². The van der Waals surface area contributed by atoms with Gasteiger partial charge in [0.1, 0.15) is 5.76 Å². The Balaban J connectivity index is 1.32. The molecule has 1 aliphatic heterocycles. The van der Waals surface area contributed by atoms with Gasteiger partial charge in [0.15, 0.2) is 0 Å². The van der Waals surface area contributed by atoms with Gasteiger partial charge >= 0.3 is 0 Å². The quantitative estimate of drug-likeness (QED) is 0.613. The number of likely N-dealkylation sites (tertiary alicyclic amines) is 1. The molecule has 0 atom stereocenters. The molecule has 1 aromatic heterocycles. The molecule has 0 aliphatic carbocycles. The summed E-state index contributed by atoms with van der Waals surface area (Å²) in [4.78, 5) is 14.4. The number of benzene rings is 2. The van der Waals surface area contributed by atoms with E-state index in [0.29, 0.717) is 30.3 Å². The van der Waals surface area contributed by atoms with Crippen molar-refractivity contribution in [3.05, 3.63) is 72.7 Å². The molecule has 6 nitrogen and oxygen atoms in total. The lowest BCUT2D eigenvalue weighted by Crippen LogP contribution is -2.40. The second-order valence-corrected chi connectivity index (χ2v) is 9.18. The topological polar surface area (TPSA) is 79.6 Å². The summed E-state index contributed by atoms with van der Waals surface area (Å²) in [6, 6.07) is 16.3. The van der Waals surface area contributed by atoms with E-state index in [1.165, 1.54) is 6.08 Å². The molecule has 0 bridgehead atoms. The minimum Gasteiger partial charge on any atom is -0.465 e. The fourth-order valence-electron chi connectivity index (χ4n) is 3.74. The molecule has 0 spiro atoms. The molecule has 3 aromatic rings. The van der Waals surface area contributed by atoms with E-state index in [0.717, 1.165) is 23.6 Å². The normalized spacial score (nSPS) is 15.8. The van der Waals surface area contributed by atoms with Gasteiger partial charge in [0, 0.05) is 31.1 Å². The van der Waals surface area contributed by atoms with E-state index in [2.05, 4.69) is 4.72 Å². The van der Waals surface area contributed by atoms with Crippen LogP contribution in [0.1, 0.15) is 18.6 Å². The smallest absolute Gasteiger partial charge is 0.246 e. The van der Waals surface area contributed by atoms with Crippen molar-refractivity contribution in [2.75, 3.05) is 19.6 Å². The number of hydrogen-bond acceptors (Lipinski definition) is 4. The van der Waals surface area contributed by atoms with Crippen LogP contribution in [-0.2, 0) is 14.8 Å². The molecule has 1 fully saturated rings. The van der Waals surface area contributed by atoms with Crippen LogP contribution in [0.25, 0.3) is 16.8 Å². The summed E-state index contributed by atoms with van der Waals surface area (Å²) in [5.74, 6) is 0.787. The summed E-state index contributed by atoms with van der Waals surface area (Å²) < 4.78 is 33.7. The Kier molecular flexibility index (Phi) is 6.01. The Morgan fingerprint density at radius 3 is 2.60 bits per heavy atom. The van der Waals surface area contributed by atoms with E-state index >= 15 is 0 Å². The standard InChI is InChI=1S/C23H24N2O4S/c26-23(11-10-20-7-4-16-29-20)25-14-12-18(13-15-25)17-24-30(27,28)22-9-3-6-19-5-1-2-8-21(19)22/h1-11,16,18,24H,12-15,17H2. The van der Waals surface area contributed by atoms with Crippen molar-refractivity contribution in [3.8, 4) is 0 Å². The molecule has 7 heteroatoms. The molecule has 0 unspecified atom stereocenters. The summed E-state index contributed by atoms with van der Waals surface area (Å²) in [5.41, 5.74) is 0. The highest BCUT2D eigenvalue weighted by Crippen LogP contribution is 2.23. The predicted octanol–water partition coefficient (Wildman–Crippen LogP) is 3.66. The number of nitrogens with one attached hydrogen (secondary N) is 1. The van der Waals surface area contributed by atoms with Crippen LogP contribution in [0, 0.1) is 5.92 Å². The Bertz CT molecular complexity index is 1140. The van der Waals surface area contributed by atoms with Crippen molar-refractivity contribution in [3.63, 3.8) is 0 Å². The summed E-state index contributed by atoms with van der Waals surface area (Å²) in [6.07, 6.45) is 6.26. The van der Waals surface area contributed by atoms with E-state index in [4.69, 9.17) is 4.42 Å². The van der Waals surface area contributed by atoms with Crippen LogP contribution in [0.3, 0.4) is 0 Å². The summed E-state index contributed by atoms with van der Waals surface area (Å²) in [5, 5.41) is 1.62. The number of piperidine rings is 1. The van der Waals surface area contributed by atoms with Crippen LogP contribution in [0.2, 0.25) is 0 Å². The Morgan fingerprint density at radius 2 is 1.83 bits per heavy atom. The number of carbonyl (C=O) groups excluding carboxylic acids is 1. The van der Waals surface area contributed by atoms with Crippen molar-refractivity contribution in [2.45, 2.75) is 17.7 Å². The highest BCUT2D eigenvalue weighted by molar-refractivity contribution is 7.89. The first-order valence-electron chi connectivity index (χ1n) is 10.0. The number of sulfonamides is 1. The molecule has 1 N–H and O–H groups in total. The monoisotopic (exact) mass is 424 g/mol. The van der Waals surface area contributed by atoms with E-state index in [-0.39, 0.29) is 11.8 Å². The predicted molar refractivity (Wildman–Crippen MR) is 116 cm³/mol. The maximum Gasteiger partial charge on any atom is 0.246 e. The van der Waals surface area contributed by atoms with Crippen LogP contribution in [0.5, 0.6) is 0 Å². The minimum absolute atomic E-state index is 0.0545. The number of furan rings is 1. The molecule has 0 radical (unpaired) electrons. The van der Waals surface area contributed by atoms with Crippen molar-refractivity contribution >= 4 is 32.8 Å². The van der Waals surface area contributed by atoms with Crippen molar-refractivity contribution < 1.29 is 17.6 Å². The van der Waals surface area contributed by atoms with Gasteiger partial charge in [-0.1, -0.05) is 36.4 Å². The van der Waals surface area contributed by atoms with Crippen molar-refractivity contribution in [1.29, 1.82) is 0 Å². The summed E-state index contributed by atoms with van der Waals surface area (Å²) >= 11 is 0. The number of rotatable bonds is 6. The van der Waals surface area contributed by atoms with Gasteiger partial charge in [0.25, 0.3) is 0 Å². The SMILES string of the molecule is O=C(C=Cc1ccco1)N1CCC(CNS(=O)(=O)c2cccc3ccccc23)CC1. The second-order valence-electron chi connectivity index (χ2n) is 7.45. The minimum atomic E-state index is -3.60. The third-order valence-corrected chi connectivity index (χ3v) is 6.94. The van der Waals surface area contributed by atoms with Crippen LogP contribution in [-0.4, -0.2) is 38.9 Å². The average molecular weight is 425 g/mol. The van der Waals surface area contributed by atoms with E-state index in [1.807, 2.05) is 30.3 Å². The molecule has 1 saturated heterocycles. The Hall–Kier alpha value is -2.90. The molecule has 156 valence electrons. The van der Waals surface area contributed by atoms with Gasteiger partial charge in [-0.3, -0.25) is 4.79 Å². The van der Waals surface area contributed by atoms with Crippen LogP contribution >= 0.6 is 0 Å². The molecule has 1 aliphatic rings. The second kappa shape index (κ2) is 8.85. The molecule has 4 rings (SSSR count). The zero-order valence-electron chi connectivity index (χ0n) is 16.5. The van der Waals surface area contributed by atoms with Gasteiger partial charge in [0.05, 0.1) is 11.2 Å². The highest BCUT2D eigenvalue weighted by atomic mass is 32.2. The number of fused-ring (bicyclic) bond motifs is 1. The Labute approximate surface area is 176 Å². The van der Waals surface area contributed by atoms with Crippen LogP contribution < -0.4 is 4.72 Å². The number of amides is 1. The fraction of sp³-hybridized carbons (Fsp3) is 0.261. The van der Waals surface area contributed by atoms with Gasteiger partial charge in [-0.15, -0.1) is 0 Å². The molecule has 1 amide bonds. The number of nitrogens with zero attached hydrogens (tertiary/aromatic N) is 1. The van der Waals surface area contributed by atoms with Gasteiger partial charge in [-0.2, -0.15) is 0 Å². The first-order valence-corrected chi connectivity index (χ1v) is 11.5.